The Morgan fingerprint density at radius 3 is 2.50 bits per heavy atom. The molecule has 1 heterocycles. The summed E-state index contributed by atoms with van der Waals surface area (Å²) in [7, 11) is 0. The first-order valence-corrected chi connectivity index (χ1v) is 8.85. The van der Waals surface area contributed by atoms with Crippen LogP contribution < -0.4 is 15.0 Å². The smallest absolute Gasteiger partial charge is 0.416 e. The van der Waals surface area contributed by atoms with Crippen molar-refractivity contribution >= 4 is 29.2 Å². The number of ether oxygens (including phenoxy) is 2. The van der Waals surface area contributed by atoms with Crippen molar-refractivity contribution in [2.75, 3.05) is 23.4 Å². The van der Waals surface area contributed by atoms with Gasteiger partial charge in [-0.05, 0) is 43.3 Å². The number of alkyl halides is 3. The van der Waals surface area contributed by atoms with E-state index in [1.165, 1.54) is 11.8 Å². The molecule has 0 bridgehead atoms. The minimum Gasteiger partial charge on any atom is -0.482 e. The van der Waals surface area contributed by atoms with E-state index in [-0.39, 0.29) is 12.3 Å². The van der Waals surface area contributed by atoms with Crippen molar-refractivity contribution in [1.29, 1.82) is 0 Å². The van der Waals surface area contributed by atoms with Gasteiger partial charge in [0.05, 0.1) is 11.3 Å². The Bertz CT molecular complexity index is 960. The van der Waals surface area contributed by atoms with Crippen LogP contribution in [0.4, 0.5) is 24.5 Å². The Labute approximate surface area is 169 Å². The van der Waals surface area contributed by atoms with Crippen LogP contribution in [0.5, 0.6) is 5.75 Å². The molecule has 0 aromatic heterocycles. The summed E-state index contributed by atoms with van der Waals surface area (Å²) in [6.45, 7) is 0.664. The van der Waals surface area contributed by atoms with E-state index in [9.17, 15) is 27.6 Å². The Hall–Kier alpha value is -3.56. The highest BCUT2D eigenvalue weighted by Gasteiger charge is 2.31. The molecule has 0 fully saturated rings. The minimum atomic E-state index is -4.49. The third-order valence-corrected chi connectivity index (χ3v) is 4.25. The lowest BCUT2D eigenvalue weighted by molar-refractivity contribution is -0.152. The van der Waals surface area contributed by atoms with Gasteiger partial charge < -0.3 is 14.8 Å². The molecule has 0 spiro atoms. The van der Waals surface area contributed by atoms with Crippen LogP contribution in [0.15, 0.2) is 48.5 Å². The quantitative estimate of drug-likeness (QED) is 0.749. The first kappa shape index (κ1) is 21.2. The molecular formula is C20H17F3N2O5. The van der Waals surface area contributed by atoms with Gasteiger partial charge >= 0.3 is 12.1 Å². The van der Waals surface area contributed by atoms with Gasteiger partial charge in [-0.1, -0.05) is 12.1 Å². The maximum absolute atomic E-state index is 12.6. The van der Waals surface area contributed by atoms with E-state index in [1.807, 2.05) is 0 Å². The fourth-order valence-corrected chi connectivity index (χ4v) is 2.73. The standard InChI is InChI=1S/C20H17F3N2O5/c1-12(19(28)24-14-8-6-13(7-9-14)20(21,22)23)30-18(27)10-25-15-4-2-3-5-16(15)29-11-17(25)26/h2-9,12H,10-11H2,1H3,(H,24,28). The summed E-state index contributed by atoms with van der Waals surface area (Å²) in [4.78, 5) is 37.7. The highest BCUT2D eigenvalue weighted by Crippen LogP contribution is 2.31. The van der Waals surface area contributed by atoms with Gasteiger partial charge in [0.2, 0.25) is 0 Å². The number of benzene rings is 2. The summed E-state index contributed by atoms with van der Waals surface area (Å²) in [6.07, 6.45) is -5.72. The molecule has 158 valence electrons. The monoisotopic (exact) mass is 422 g/mol. The number of carbonyl (C=O) groups is 3. The summed E-state index contributed by atoms with van der Waals surface area (Å²) in [5.41, 5.74) is -0.323. The van der Waals surface area contributed by atoms with Crippen LogP contribution in [0.1, 0.15) is 12.5 Å². The van der Waals surface area contributed by atoms with Gasteiger partial charge in [0.15, 0.2) is 12.7 Å². The largest absolute Gasteiger partial charge is 0.482 e. The molecule has 0 aliphatic carbocycles. The molecule has 1 aliphatic rings. The Kier molecular flexibility index (Phi) is 5.95. The normalized spacial score (nSPS) is 14.4. The molecule has 1 atom stereocenters. The number of nitrogens with one attached hydrogen (secondary N) is 1. The number of fused-ring (bicyclic) bond motifs is 1. The van der Waals surface area contributed by atoms with E-state index in [1.54, 1.807) is 24.3 Å². The van der Waals surface area contributed by atoms with Gasteiger partial charge in [-0.15, -0.1) is 0 Å². The van der Waals surface area contributed by atoms with E-state index >= 15 is 0 Å². The minimum absolute atomic E-state index is 0.119. The van der Waals surface area contributed by atoms with E-state index < -0.39 is 42.2 Å². The maximum Gasteiger partial charge on any atom is 0.416 e. The second-order valence-corrected chi connectivity index (χ2v) is 6.43. The van der Waals surface area contributed by atoms with Crippen LogP contribution in [-0.2, 0) is 25.3 Å². The third-order valence-electron chi connectivity index (χ3n) is 4.25. The molecule has 0 radical (unpaired) electrons. The lowest BCUT2D eigenvalue weighted by Gasteiger charge is -2.28. The molecule has 2 aromatic carbocycles. The molecule has 1 N–H and O–H groups in total. The van der Waals surface area contributed by atoms with Gasteiger partial charge in [0, 0.05) is 5.69 Å². The molecule has 1 unspecified atom stereocenters. The predicted octanol–water partition coefficient (Wildman–Crippen LogP) is 3.00. The number of para-hydroxylation sites is 2. The van der Waals surface area contributed by atoms with Crippen molar-refractivity contribution in [3.05, 3.63) is 54.1 Å². The SMILES string of the molecule is CC(OC(=O)CN1C(=O)COc2ccccc21)C(=O)Nc1ccc(C(F)(F)F)cc1. The van der Waals surface area contributed by atoms with E-state index in [0.29, 0.717) is 11.4 Å². The molecule has 2 amide bonds. The van der Waals surface area contributed by atoms with Crippen LogP contribution in [-0.4, -0.2) is 37.0 Å². The molecule has 0 saturated carbocycles. The van der Waals surface area contributed by atoms with Crippen LogP contribution >= 0.6 is 0 Å². The Morgan fingerprint density at radius 2 is 1.83 bits per heavy atom. The first-order chi connectivity index (χ1) is 14.1. The van der Waals surface area contributed by atoms with Crippen LogP contribution in [0.3, 0.4) is 0 Å². The summed E-state index contributed by atoms with van der Waals surface area (Å²) in [5.74, 6) is -1.54. The zero-order valence-corrected chi connectivity index (χ0v) is 15.7. The number of hydrogen-bond acceptors (Lipinski definition) is 5. The first-order valence-electron chi connectivity index (χ1n) is 8.85. The second-order valence-electron chi connectivity index (χ2n) is 6.43. The third kappa shape index (κ3) is 4.88. The summed E-state index contributed by atoms with van der Waals surface area (Å²) >= 11 is 0. The maximum atomic E-state index is 12.6. The number of amides is 2. The average molecular weight is 422 g/mol. The van der Waals surface area contributed by atoms with Crippen molar-refractivity contribution in [2.45, 2.75) is 19.2 Å². The number of hydrogen-bond donors (Lipinski definition) is 1. The average Bonchev–Trinajstić information content (AvgIpc) is 2.70. The molecule has 3 rings (SSSR count). The molecule has 7 nitrogen and oxygen atoms in total. The number of esters is 1. The van der Waals surface area contributed by atoms with Gasteiger partial charge in [0.1, 0.15) is 12.3 Å². The van der Waals surface area contributed by atoms with Crippen molar-refractivity contribution in [3.8, 4) is 5.75 Å². The summed E-state index contributed by atoms with van der Waals surface area (Å²) in [5, 5.41) is 2.37. The molecule has 2 aromatic rings. The molecule has 0 saturated heterocycles. The van der Waals surface area contributed by atoms with Crippen LogP contribution in [0, 0.1) is 0 Å². The number of carbonyl (C=O) groups excluding carboxylic acids is 3. The van der Waals surface area contributed by atoms with Crippen LogP contribution in [0.2, 0.25) is 0 Å². The number of halogens is 3. The van der Waals surface area contributed by atoms with E-state index in [0.717, 1.165) is 24.3 Å². The Balaban J connectivity index is 1.58. The molecular weight excluding hydrogens is 405 g/mol. The van der Waals surface area contributed by atoms with Crippen molar-refractivity contribution < 1.29 is 37.0 Å². The van der Waals surface area contributed by atoms with Gasteiger partial charge in [-0.2, -0.15) is 13.2 Å². The number of nitrogens with zero attached hydrogens (tertiary/aromatic N) is 1. The van der Waals surface area contributed by atoms with Crippen molar-refractivity contribution in [3.63, 3.8) is 0 Å². The lowest BCUT2D eigenvalue weighted by atomic mass is 10.2. The summed E-state index contributed by atoms with van der Waals surface area (Å²) in [6, 6.07) is 10.5. The zero-order valence-electron chi connectivity index (χ0n) is 15.7. The lowest BCUT2D eigenvalue weighted by Crippen LogP contribution is -2.43. The fourth-order valence-electron chi connectivity index (χ4n) is 2.73. The number of rotatable bonds is 5. The topological polar surface area (TPSA) is 84.9 Å². The molecule has 10 heteroatoms. The summed E-state index contributed by atoms with van der Waals surface area (Å²) < 4.78 is 48.1. The molecule has 30 heavy (non-hydrogen) atoms. The second kappa shape index (κ2) is 8.44. The predicted molar refractivity (Wildman–Crippen MR) is 99.9 cm³/mol. The Morgan fingerprint density at radius 1 is 1.17 bits per heavy atom. The highest BCUT2D eigenvalue weighted by atomic mass is 19.4. The number of anilines is 2. The highest BCUT2D eigenvalue weighted by molar-refractivity contribution is 6.02. The van der Waals surface area contributed by atoms with E-state index in [4.69, 9.17) is 9.47 Å². The van der Waals surface area contributed by atoms with Crippen molar-refractivity contribution in [2.24, 2.45) is 0 Å². The van der Waals surface area contributed by atoms with Crippen molar-refractivity contribution in [1.82, 2.24) is 0 Å². The van der Waals surface area contributed by atoms with Gasteiger partial charge in [0.25, 0.3) is 11.8 Å². The van der Waals surface area contributed by atoms with Crippen LogP contribution in [0.25, 0.3) is 0 Å². The van der Waals surface area contributed by atoms with Gasteiger partial charge in [-0.25, -0.2) is 0 Å². The van der Waals surface area contributed by atoms with E-state index in [2.05, 4.69) is 5.32 Å². The van der Waals surface area contributed by atoms with Gasteiger partial charge in [-0.3, -0.25) is 19.3 Å². The molecule has 1 aliphatic heterocycles. The zero-order chi connectivity index (χ0) is 21.9. The fraction of sp³-hybridized carbons (Fsp3) is 0.250.